The van der Waals surface area contributed by atoms with Crippen molar-refractivity contribution in [2.24, 2.45) is 0 Å². The van der Waals surface area contributed by atoms with Gasteiger partial charge in [0, 0.05) is 12.8 Å². The number of aliphatic hydroxyl groups is 2. The van der Waals surface area contributed by atoms with Gasteiger partial charge in [0.25, 0.3) is 0 Å². The topological polar surface area (TPSA) is 95.9 Å². The van der Waals surface area contributed by atoms with Gasteiger partial charge in [0.1, 0.15) is 0 Å². The monoisotopic (exact) mass is 986 g/mol. The van der Waals surface area contributed by atoms with Crippen LogP contribution in [0.2, 0.25) is 0 Å². The van der Waals surface area contributed by atoms with Crippen molar-refractivity contribution in [1.29, 1.82) is 0 Å². The molecule has 0 aromatic heterocycles. The fraction of sp³-hybridized carbons (Fsp3) is 0.906. The summed E-state index contributed by atoms with van der Waals surface area (Å²) < 4.78 is 5.46. The van der Waals surface area contributed by atoms with E-state index in [9.17, 15) is 19.8 Å². The van der Waals surface area contributed by atoms with Crippen LogP contribution >= 0.6 is 0 Å². The number of allylic oxidation sites excluding steroid dienone is 4. The van der Waals surface area contributed by atoms with E-state index in [1.807, 2.05) is 0 Å². The Hall–Kier alpha value is -1.66. The summed E-state index contributed by atoms with van der Waals surface area (Å²) in [5.74, 6) is -0.0909. The standard InChI is InChI=1S/C64H123NO5/c1-3-5-7-9-11-13-15-17-19-21-23-24-25-26-28-29-31-33-36-40-44-48-52-56-62(67)61(60-66)65-63(68)57-53-49-45-41-37-35-39-43-47-51-55-59-70-64(69)58-54-50-46-42-38-34-32-30-27-22-20-18-16-14-12-10-8-6-4-2/h18,20,39,43,61-62,66-67H,3-17,19,21-38,40-42,44-60H2,1-2H3,(H,65,68)/b20-18-,43-39-. The predicted octanol–water partition coefficient (Wildman–Crippen LogP) is 19.8. The Bertz CT molecular complexity index is 1090. The number of hydrogen-bond donors (Lipinski definition) is 3. The molecule has 414 valence electrons. The molecule has 0 saturated carbocycles. The highest BCUT2D eigenvalue weighted by atomic mass is 16.5. The molecule has 0 aromatic rings. The number of amides is 1. The van der Waals surface area contributed by atoms with E-state index in [1.165, 1.54) is 231 Å². The number of hydrogen-bond acceptors (Lipinski definition) is 5. The lowest BCUT2D eigenvalue weighted by molar-refractivity contribution is -0.143. The quantitative estimate of drug-likeness (QED) is 0.0321. The van der Waals surface area contributed by atoms with Gasteiger partial charge in [-0.25, -0.2) is 0 Å². The fourth-order valence-electron chi connectivity index (χ4n) is 9.87. The number of nitrogens with one attached hydrogen (secondary N) is 1. The van der Waals surface area contributed by atoms with E-state index in [1.54, 1.807) is 0 Å². The number of unbranched alkanes of at least 4 members (excludes halogenated alkanes) is 44. The first-order valence-electron chi connectivity index (χ1n) is 31.6. The SMILES string of the molecule is CCCCCCCC/C=C\CCCCCCCCCCCC(=O)OCCCC/C=C\CCCCCCCC(=O)NC(CO)C(O)CCCCCCCCCCCCCCCCCCCCCCCCC. The Balaban J connectivity index is 3.48. The van der Waals surface area contributed by atoms with Crippen LogP contribution in [0.15, 0.2) is 24.3 Å². The Morgan fingerprint density at radius 3 is 1.01 bits per heavy atom. The maximum Gasteiger partial charge on any atom is 0.305 e. The van der Waals surface area contributed by atoms with Crippen LogP contribution < -0.4 is 5.32 Å². The second-order valence-corrected chi connectivity index (χ2v) is 21.7. The lowest BCUT2D eigenvalue weighted by atomic mass is 10.0. The summed E-state index contributed by atoms with van der Waals surface area (Å²) in [5.41, 5.74) is 0. The summed E-state index contributed by atoms with van der Waals surface area (Å²) in [6, 6.07) is -0.564. The van der Waals surface area contributed by atoms with Gasteiger partial charge >= 0.3 is 5.97 Å². The van der Waals surface area contributed by atoms with Crippen molar-refractivity contribution < 1.29 is 24.5 Å². The van der Waals surface area contributed by atoms with Crippen molar-refractivity contribution in [2.45, 2.75) is 360 Å². The van der Waals surface area contributed by atoms with E-state index in [2.05, 4.69) is 43.5 Å². The van der Waals surface area contributed by atoms with Gasteiger partial charge in [-0.15, -0.1) is 0 Å². The molecule has 0 fully saturated rings. The predicted molar refractivity (Wildman–Crippen MR) is 306 cm³/mol. The van der Waals surface area contributed by atoms with Gasteiger partial charge in [-0.2, -0.15) is 0 Å². The van der Waals surface area contributed by atoms with Crippen LogP contribution in [0.25, 0.3) is 0 Å². The zero-order valence-corrected chi connectivity index (χ0v) is 47.3. The minimum Gasteiger partial charge on any atom is -0.466 e. The van der Waals surface area contributed by atoms with Crippen LogP contribution in [0.1, 0.15) is 348 Å². The first-order chi connectivity index (χ1) is 34.5. The van der Waals surface area contributed by atoms with E-state index in [0.717, 1.165) is 83.5 Å². The van der Waals surface area contributed by atoms with E-state index in [4.69, 9.17) is 4.74 Å². The minimum absolute atomic E-state index is 0.0305. The van der Waals surface area contributed by atoms with Gasteiger partial charge in [0.05, 0.1) is 25.4 Å². The average molecular weight is 987 g/mol. The Kier molecular flexibility index (Phi) is 58.5. The molecule has 3 N–H and O–H groups in total. The van der Waals surface area contributed by atoms with Gasteiger partial charge in [-0.3, -0.25) is 9.59 Å². The number of esters is 1. The summed E-state index contributed by atoms with van der Waals surface area (Å²) >= 11 is 0. The molecule has 0 aliphatic carbocycles. The highest BCUT2D eigenvalue weighted by Crippen LogP contribution is 2.18. The summed E-state index contributed by atoms with van der Waals surface area (Å²) in [6.45, 7) is 4.90. The highest BCUT2D eigenvalue weighted by molar-refractivity contribution is 5.76. The molecule has 2 atom stereocenters. The summed E-state index contributed by atoms with van der Waals surface area (Å²) in [4.78, 5) is 24.6. The molecular formula is C64H123NO5. The van der Waals surface area contributed by atoms with Crippen LogP contribution in [-0.2, 0) is 14.3 Å². The summed E-state index contributed by atoms with van der Waals surface area (Å²) in [7, 11) is 0. The molecule has 0 rings (SSSR count). The molecule has 70 heavy (non-hydrogen) atoms. The largest absolute Gasteiger partial charge is 0.466 e. The second kappa shape index (κ2) is 59.9. The third kappa shape index (κ3) is 55.7. The number of ether oxygens (including phenoxy) is 1. The van der Waals surface area contributed by atoms with Crippen molar-refractivity contribution in [3.8, 4) is 0 Å². The van der Waals surface area contributed by atoms with Gasteiger partial charge < -0.3 is 20.3 Å². The third-order valence-corrected chi connectivity index (χ3v) is 14.7. The van der Waals surface area contributed by atoms with Crippen molar-refractivity contribution in [1.82, 2.24) is 5.32 Å². The highest BCUT2D eigenvalue weighted by Gasteiger charge is 2.20. The molecule has 6 nitrogen and oxygen atoms in total. The van der Waals surface area contributed by atoms with Crippen molar-refractivity contribution in [3.63, 3.8) is 0 Å². The molecule has 0 spiro atoms. The van der Waals surface area contributed by atoms with E-state index in [0.29, 0.717) is 25.9 Å². The molecule has 0 saturated heterocycles. The van der Waals surface area contributed by atoms with Gasteiger partial charge in [0.15, 0.2) is 0 Å². The summed E-state index contributed by atoms with van der Waals surface area (Å²) in [5, 5.41) is 23.4. The molecule has 2 unspecified atom stereocenters. The van der Waals surface area contributed by atoms with Crippen molar-refractivity contribution >= 4 is 11.9 Å². The van der Waals surface area contributed by atoms with Gasteiger partial charge in [-0.05, 0) is 77.0 Å². The lowest BCUT2D eigenvalue weighted by Gasteiger charge is -2.22. The van der Waals surface area contributed by atoms with E-state index < -0.39 is 12.1 Å². The number of rotatable bonds is 59. The fourth-order valence-corrected chi connectivity index (χ4v) is 9.87. The van der Waals surface area contributed by atoms with Crippen LogP contribution in [0.3, 0.4) is 0 Å². The zero-order chi connectivity index (χ0) is 50.7. The van der Waals surface area contributed by atoms with Gasteiger partial charge in [0.2, 0.25) is 5.91 Å². The van der Waals surface area contributed by atoms with Crippen molar-refractivity contribution in [3.05, 3.63) is 24.3 Å². The van der Waals surface area contributed by atoms with E-state index in [-0.39, 0.29) is 18.5 Å². The summed E-state index contributed by atoms with van der Waals surface area (Å²) in [6.07, 6.45) is 73.3. The minimum atomic E-state index is -0.684. The molecule has 0 bridgehead atoms. The number of carbonyl (C=O) groups excluding carboxylic acids is 2. The Morgan fingerprint density at radius 2 is 0.671 bits per heavy atom. The van der Waals surface area contributed by atoms with E-state index >= 15 is 0 Å². The molecule has 6 heteroatoms. The van der Waals surface area contributed by atoms with Crippen LogP contribution in [0.5, 0.6) is 0 Å². The normalized spacial score (nSPS) is 12.7. The lowest BCUT2D eigenvalue weighted by Crippen LogP contribution is -2.45. The molecular weight excluding hydrogens is 863 g/mol. The van der Waals surface area contributed by atoms with Gasteiger partial charge in [-0.1, -0.05) is 282 Å². The first-order valence-corrected chi connectivity index (χ1v) is 31.6. The van der Waals surface area contributed by atoms with Crippen LogP contribution in [0, 0.1) is 0 Å². The second-order valence-electron chi connectivity index (χ2n) is 21.7. The molecule has 0 radical (unpaired) electrons. The molecule has 0 aliphatic rings. The maximum absolute atomic E-state index is 12.5. The molecule has 0 aliphatic heterocycles. The molecule has 0 heterocycles. The zero-order valence-electron chi connectivity index (χ0n) is 47.3. The third-order valence-electron chi connectivity index (χ3n) is 14.7. The first kappa shape index (κ1) is 68.3. The average Bonchev–Trinajstić information content (AvgIpc) is 3.36. The smallest absolute Gasteiger partial charge is 0.305 e. The molecule has 1 amide bonds. The van der Waals surface area contributed by atoms with Crippen molar-refractivity contribution in [2.75, 3.05) is 13.2 Å². The Labute approximate surface area is 437 Å². The van der Waals surface area contributed by atoms with Crippen LogP contribution in [0.4, 0.5) is 0 Å². The molecule has 0 aromatic carbocycles. The Morgan fingerprint density at radius 1 is 0.386 bits per heavy atom. The maximum atomic E-state index is 12.5. The number of aliphatic hydroxyl groups excluding tert-OH is 2. The van der Waals surface area contributed by atoms with Crippen LogP contribution in [-0.4, -0.2) is 47.4 Å². The number of carbonyl (C=O) groups is 2.